The van der Waals surface area contributed by atoms with E-state index in [1.807, 2.05) is 30.0 Å². The van der Waals surface area contributed by atoms with Gasteiger partial charge in [0.05, 0.1) is 12.2 Å². The fourth-order valence-electron chi connectivity index (χ4n) is 2.15. The molecule has 0 atom stereocenters. The molecule has 0 saturated heterocycles. The number of alkyl halides is 1. The highest BCUT2D eigenvalue weighted by Crippen LogP contribution is 2.18. The van der Waals surface area contributed by atoms with E-state index < -0.39 is 0 Å². The average Bonchev–Trinajstić information content (AvgIpc) is 3.03. The van der Waals surface area contributed by atoms with E-state index in [4.69, 9.17) is 11.6 Å². The Hall–Kier alpha value is -1.88. The summed E-state index contributed by atoms with van der Waals surface area (Å²) in [5.41, 5.74) is 2.96. The molecule has 0 aliphatic heterocycles. The third kappa shape index (κ3) is 2.21. The van der Waals surface area contributed by atoms with E-state index in [1.54, 1.807) is 12.5 Å². The van der Waals surface area contributed by atoms with Crippen molar-refractivity contribution in [3.8, 4) is 0 Å². The van der Waals surface area contributed by atoms with Gasteiger partial charge in [-0.2, -0.15) is 0 Å². The van der Waals surface area contributed by atoms with Crippen LogP contribution in [-0.4, -0.2) is 24.1 Å². The molecule has 5 nitrogen and oxygen atoms in total. The lowest BCUT2D eigenvalue weighted by atomic mass is 10.3. The molecule has 3 aromatic rings. The van der Waals surface area contributed by atoms with Crippen molar-refractivity contribution >= 4 is 22.8 Å². The Labute approximate surface area is 115 Å². The Balaban J connectivity index is 1.99. The molecule has 0 spiro atoms. The predicted molar refractivity (Wildman–Crippen MR) is 74.0 cm³/mol. The van der Waals surface area contributed by atoms with Crippen LogP contribution in [0.2, 0.25) is 0 Å². The molecular formula is C13H14ClN5. The van der Waals surface area contributed by atoms with Crippen LogP contribution in [0.1, 0.15) is 11.4 Å². The van der Waals surface area contributed by atoms with Crippen LogP contribution < -0.4 is 0 Å². The molecule has 0 aliphatic rings. The van der Waals surface area contributed by atoms with E-state index in [-0.39, 0.29) is 0 Å². The SMILES string of the molecule is Cc1ccnc2c1nc(CCl)n2CCn1ccnc1. The zero-order valence-corrected chi connectivity index (χ0v) is 11.4. The van der Waals surface area contributed by atoms with E-state index >= 15 is 0 Å². The fourth-order valence-corrected chi connectivity index (χ4v) is 2.36. The summed E-state index contributed by atoms with van der Waals surface area (Å²) < 4.78 is 4.11. The minimum absolute atomic E-state index is 0.389. The Kier molecular flexibility index (Phi) is 3.21. The van der Waals surface area contributed by atoms with Gasteiger partial charge in [-0.1, -0.05) is 0 Å². The fraction of sp³-hybridized carbons (Fsp3) is 0.308. The number of aromatic nitrogens is 5. The highest BCUT2D eigenvalue weighted by molar-refractivity contribution is 6.16. The van der Waals surface area contributed by atoms with Crippen LogP contribution in [0.25, 0.3) is 11.2 Å². The Morgan fingerprint density at radius 1 is 1.26 bits per heavy atom. The third-order valence-corrected chi connectivity index (χ3v) is 3.41. The molecule has 0 bridgehead atoms. The maximum absolute atomic E-state index is 5.99. The molecule has 3 heterocycles. The molecule has 0 fully saturated rings. The van der Waals surface area contributed by atoms with E-state index in [2.05, 4.69) is 19.5 Å². The van der Waals surface area contributed by atoms with Crippen LogP contribution in [0.4, 0.5) is 0 Å². The molecule has 0 aliphatic carbocycles. The second kappa shape index (κ2) is 5.01. The Morgan fingerprint density at radius 2 is 2.16 bits per heavy atom. The number of halogens is 1. The average molecular weight is 276 g/mol. The van der Waals surface area contributed by atoms with Gasteiger partial charge in [0.1, 0.15) is 11.3 Å². The van der Waals surface area contributed by atoms with Gasteiger partial charge in [-0.05, 0) is 18.6 Å². The van der Waals surface area contributed by atoms with Crippen molar-refractivity contribution in [1.82, 2.24) is 24.1 Å². The van der Waals surface area contributed by atoms with Gasteiger partial charge in [-0.25, -0.2) is 15.0 Å². The molecular weight excluding hydrogens is 262 g/mol. The van der Waals surface area contributed by atoms with E-state index in [1.165, 1.54) is 0 Å². The number of fused-ring (bicyclic) bond motifs is 1. The normalized spacial score (nSPS) is 11.3. The van der Waals surface area contributed by atoms with Crippen LogP contribution in [0.5, 0.6) is 0 Å². The van der Waals surface area contributed by atoms with Gasteiger partial charge in [0.25, 0.3) is 0 Å². The molecule has 3 rings (SSSR count). The molecule has 0 unspecified atom stereocenters. The molecule has 0 aromatic carbocycles. The van der Waals surface area contributed by atoms with Crippen molar-refractivity contribution in [1.29, 1.82) is 0 Å². The summed E-state index contributed by atoms with van der Waals surface area (Å²) in [7, 11) is 0. The number of imidazole rings is 2. The number of pyridine rings is 1. The summed E-state index contributed by atoms with van der Waals surface area (Å²) in [4.78, 5) is 13.0. The molecule has 0 N–H and O–H groups in total. The highest BCUT2D eigenvalue weighted by atomic mass is 35.5. The van der Waals surface area contributed by atoms with E-state index in [0.717, 1.165) is 35.6 Å². The van der Waals surface area contributed by atoms with Crippen LogP contribution in [0.15, 0.2) is 31.0 Å². The zero-order valence-electron chi connectivity index (χ0n) is 10.6. The van der Waals surface area contributed by atoms with Gasteiger partial charge in [-0.3, -0.25) is 0 Å². The number of aryl methyl sites for hydroxylation is 3. The summed E-state index contributed by atoms with van der Waals surface area (Å²) >= 11 is 5.99. The first-order valence-corrected chi connectivity index (χ1v) is 6.65. The minimum atomic E-state index is 0.389. The molecule has 6 heteroatoms. The monoisotopic (exact) mass is 275 g/mol. The molecule has 3 aromatic heterocycles. The first kappa shape index (κ1) is 12.2. The number of rotatable bonds is 4. The number of hydrogen-bond donors (Lipinski definition) is 0. The van der Waals surface area contributed by atoms with Gasteiger partial charge in [0.2, 0.25) is 0 Å². The van der Waals surface area contributed by atoms with Gasteiger partial charge in [-0.15, -0.1) is 11.6 Å². The second-order valence-corrected chi connectivity index (χ2v) is 4.68. The lowest BCUT2D eigenvalue weighted by molar-refractivity contribution is 0.574. The summed E-state index contributed by atoms with van der Waals surface area (Å²) in [5.74, 6) is 1.25. The number of hydrogen-bond acceptors (Lipinski definition) is 3. The van der Waals surface area contributed by atoms with Crippen molar-refractivity contribution in [3.05, 3.63) is 42.4 Å². The standard InChI is InChI=1S/C13H14ClN5/c1-10-2-3-16-13-12(10)17-11(8-14)19(13)7-6-18-5-4-15-9-18/h2-5,9H,6-8H2,1H3. The largest absolute Gasteiger partial charge is 0.336 e. The van der Waals surface area contributed by atoms with Crippen molar-refractivity contribution in [2.45, 2.75) is 25.9 Å². The summed E-state index contributed by atoms with van der Waals surface area (Å²) in [6.45, 7) is 3.64. The topological polar surface area (TPSA) is 48.5 Å². The van der Waals surface area contributed by atoms with Crippen LogP contribution in [0.3, 0.4) is 0 Å². The summed E-state index contributed by atoms with van der Waals surface area (Å²) in [6, 6.07) is 1.97. The molecule has 0 amide bonds. The molecule has 19 heavy (non-hydrogen) atoms. The minimum Gasteiger partial charge on any atom is -0.336 e. The van der Waals surface area contributed by atoms with Gasteiger partial charge in [0, 0.05) is 31.7 Å². The molecule has 98 valence electrons. The van der Waals surface area contributed by atoms with Crippen LogP contribution in [0, 0.1) is 6.92 Å². The smallest absolute Gasteiger partial charge is 0.160 e. The first-order chi connectivity index (χ1) is 9.29. The molecule has 0 saturated carbocycles. The predicted octanol–water partition coefficient (Wildman–Crippen LogP) is 2.38. The van der Waals surface area contributed by atoms with Crippen molar-refractivity contribution in [2.24, 2.45) is 0 Å². The lowest BCUT2D eigenvalue weighted by Crippen LogP contribution is -2.09. The maximum atomic E-state index is 5.99. The number of nitrogens with zero attached hydrogens (tertiary/aromatic N) is 5. The van der Waals surface area contributed by atoms with Gasteiger partial charge >= 0.3 is 0 Å². The van der Waals surface area contributed by atoms with Gasteiger partial charge < -0.3 is 9.13 Å². The lowest BCUT2D eigenvalue weighted by Gasteiger charge is -2.07. The Morgan fingerprint density at radius 3 is 2.89 bits per heavy atom. The summed E-state index contributed by atoms with van der Waals surface area (Å²) in [5, 5.41) is 0. The van der Waals surface area contributed by atoms with Gasteiger partial charge in [0.15, 0.2) is 5.65 Å². The third-order valence-electron chi connectivity index (χ3n) is 3.18. The summed E-state index contributed by atoms with van der Waals surface area (Å²) in [6.07, 6.45) is 7.33. The maximum Gasteiger partial charge on any atom is 0.160 e. The zero-order chi connectivity index (χ0) is 13.2. The molecule has 0 radical (unpaired) electrons. The Bertz CT molecular complexity index is 686. The van der Waals surface area contributed by atoms with Crippen molar-refractivity contribution < 1.29 is 0 Å². The quantitative estimate of drug-likeness (QED) is 0.687. The van der Waals surface area contributed by atoms with Crippen molar-refractivity contribution in [2.75, 3.05) is 0 Å². The van der Waals surface area contributed by atoms with Crippen LogP contribution >= 0.6 is 11.6 Å². The van der Waals surface area contributed by atoms with E-state index in [9.17, 15) is 0 Å². The van der Waals surface area contributed by atoms with E-state index in [0.29, 0.717) is 5.88 Å². The van der Waals surface area contributed by atoms with Crippen molar-refractivity contribution in [3.63, 3.8) is 0 Å². The first-order valence-electron chi connectivity index (χ1n) is 6.12. The second-order valence-electron chi connectivity index (χ2n) is 4.41. The highest BCUT2D eigenvalue weighted by Gasteiger charge is 2.12. The van der Waals surface area contributed by atoms with Crippen LogP contribution in [-0.2, 0) is 19.0 Å².